The molecule has 0 atom stereocenters. The van der Waals surface area contributed by atoms with Gasteiger partial charge in [-0.05, 0) is 36.4 Å². The highest BCUT2D eigenvalue weighted by atomic mass is 35.5. The largest absolute Gasteiger partial charge is 0.477 e. The maximum absolute atomic E-state index is 10.8. The van der Waals surface area contributed by atoms with Crippen LogP contribution in [0.25, 0.3) is 0 Å². The molecule has 86 valence electrons. The van der Waals surface area contributed by atoms with Gasteiger partial charge in [0.1, 0.15) is 5.69 Å². The van der Waals surface area contributed by atoms with Gasteiger partial charge in [-0.1, -0.05) is 23.4 Å². The van der Waals surface area contributed by atoms with Crippen LogP contribution in [0, 0.1) is 0 Å². The molecule has 0 saturated carbocycles. The first kappa shape index (κ1) is 12.0. The molecule has 0 aliphatic carbocycles. The van der Waals surface area contributed by atoms with E-state index >= 15 is 0 Å². The first-order valence-corrected chi connectivity index (χ1v) is 5.97. The van der Waals surface area contributed by atoms with E-state index in [1.165, 1.54) is 18.0 Å². The maximum atomic E-state index is 10.8. The number of hydrogen-bond acceptors (Lipinski definition) is 3. The van der Waals surface area contributed by atoms with Crippen molar-refractivity contribution in [1.82, 2.24) is 4.98 Å². The fourth-order valence-corrected chi connectivity index (χ4v) is 2.20. The zero-order valence-electron chi connectivity index (χ0n) is 8.63. The van der Waals surface area contributed by atoms with Gasteiger partial charge in [-0.2, -0.15) is 0 Å². The number of benzene rings is 1. The van der Waals surface area contributed by atoms with Gasteiger partial charge in [0.15, 0.2) is 0 Å². The number of aromatic nitrogens is 1. The Morgan fingerprint density at radius 3 is 2.53 bits per heavy atom. The number of pyridine rings is 1. The summed E-state index contributed by atoms with van der Waals surface area (Å²) in [5, 5.41) is 9.50. The van der Waals surface area contributed by atoms with E-state index in [9.17, 15) is 4.79 Å². The Labute approximate surface area is 107 Å². The van der Waals surface area contributed by atoms with Gasteiger partial charge in [0, 0.05) is 21.0 Å². The van der Waals surface area contributed by atoms with E-state index in [0.29, 0.717) is 5.02 Å². The summed E-state index contributed by atoms with van der Waals surface area (Å²) in [7, 11) is 0. The summed E-state index contributed by atoms with van der Waals surface area (Å²) in [6.07, 6.45) is 1.49. The number of carboxylic acid groups (broad SMARTS) is 1. The topological polar surface area (TPSA) is 50.2 Å². The van der Waals surface area contributed by atoms with Crippen LogP contribution in [0.2, 0.25) is 5.02 Å². The van der Waals surface area contributed by atoms with Crippen molar-refractivity contribution in [3.63, 3.8) is 0 Å². The highest BCUT2D eigenvalue weighted by Crippen LogP contribution is 2.28. The molecule has 0 radical (unpaired) electrons. The van der Waals surface area contributed by atoms with Crippen molar-refractivity contribution < 1.29 is 9.90 Å². The summed E-state index contributed by atoms with van der Waals surface area (Å²) < 4.78 is 0. The second-order valence-corrected chi connectivity index (χ2v) is 4.82. The Morgan fingerprint density at radius 1 is 1.18 bits per heavy atom. The lowest BCUT2D eigenvalue weighted by Crippen LogP contribution is -1.99. The van der Waals surface area contributed by atoms with Crippen LogP contribution in [0.1, 0.15) is 10.5 Å². The van der Waals surface area contributed by atoms with Crippen molar-refractivity contribution in [3.05, 3.63) is 53.3 Å². The molecular formula is C12H8ClNO2S. The van der Waals surface area contributed by atoms with Crippen molar-refractivity contribution in [2.24, 2.45) is 0 Å². The number of carboxylic acids is 1. The second-order valence-electron chi connectivity index (χ2n) is 3.24. The van der Waals surface area contributed by atoms with E-state index in [4.69, 9.17) is 16.7 Å². The fraction of sp³-hybridized carbons (Fsp3) is 0. The third-order valence-electron chi connectivity index (χ3n) is 2.00. The lowest BCUT2D eigenvalue weighted by atomic mass is 10.3. The van der Waals surface area contributed by atoms with E-state index in [-0.39, 0.29) is 5.69 Å². The summed E-state index contributed by atoms with van der Waals surface area (Å²) in [6.45, 7) is 0. The predicted octanol–water partition coefficient (Wildman–Crippen LogP) is 3.58. The van der Waals surface area contributed by atoms with Crippen LogP contribution in [0.4, 0.5) is 0 Å². The number of nitrogens with zero attached hydrogens (tertiary/aromatic N) is 1. The summed E-state index contributed by atoms with van der Waals surface area (Å²) in [5.41, 5.74) is 0.0453. The average Bonchev–Trinajstić information content (AvgIpc) is 2.32. The highest BCUT2D eigenvalue weighted by Gasteiger charge is 2.05. The van der Waals surface area contributed by atoms with Crippen LogP contribution in [0.15, 0.2) is 52.4 Å². The molecule has 2 aromatic rings. The van der Waals surface area contributed by atoms with Gasteiger partial charge >= 0.3 is 5.97 Å². The molecule has 0 saturated heterocycles. The van der Waals surface area contributed by atoms with Crippen molar-refractivity contribution in [1.29, 1.82) is 0 Å². The van der Waals surface area contributed by atoms with Crippen LogP contribution < -0.4 is 0 Å². The Bertz CT molecular complexity index is 542. The molecule has 17 heavy (non-hydrogen) atoms. The number of hydrogen-bond donors (Lipinski definition) is 1. The fourth-order valence-electron chi connectivity index (χ4n) is 1.23. The molecule has 3 nitrogen and oxygen atoms in total. The van der Waals surface area contributed by atoms with Gasteiger partial charge in [-0.3, -0.25) is 0 Å². The van der Waals surface area contributed by atoms with Crippen LogP contribution in [0.3, 0.4) is 0 Å². The number of halogens is 1. The summed E-state index contributed by atoms with van der Waals surface area (Å²) in [6, 6.07) is 10.7. The Balaban J connectivity index is 2.21. The van der Waals surface area contributed by atoms with Gasteiger partial charge < -0.3 is 5.11 Å². The van der Waals surface area contributed by atoms with Crippen molar-refractivity contribution in [2.75, 3.05) is 0 Å². The van der Waals surface area contributed by atoms with Gasteiger partial charge in [0.2, 0.25) is 0 Å². The van der Waals surface area contributed by atoms with Gasteiger partial charge in [0.05, 0.1) is 0 Å². The van der Waals surface area contributed by atoms with Crippen LogP contribution in [-0.2, 0) is 0 Å². The average molecular weight is 266 g/mol. The lowest BCUT2D eigenvalue weighted by molar-refractivity contribution is 0.0690. The molecule has 2 rings (SSSR count). The van der Waals surface area contributed by atoms with Crippen molar-refractivity contribution >= 4 is 29.3 Å². The maximum Gasteiger partial charge on any atom is 0.354 e. The minimum atomic E-state index is -1.02. The first-order chi connectivity index (χ1) is 8.15. The van der Waals surface area contributed by atoms with Crippen LogP contribution >= 0.6 is 23.4 Å². The smallest absolute Gasteiger partial charge is 0.354 e. The van der Waals surface area contributed by atoms with E-state index in [1.807, 2.05) is 12.1 Å². The monoisotopic (exact) mass is 265 g/mol. The Kier molecular flexibility index (Phi) is 3.66. The molecule has 5 heteroatoms. The van der Waals surface area contributed by atoms with E-state index < -0.39 is 5.97 Å². The van der Waals surface area contributed by atoms with Crippen molar-refractivity contribution in [2.45, 2.75) is 9.79 Å². The normalized spacial score (nSPS) is 10.2. The van der Waals surface area contributed by atoms with Crippen LogP contribution in [0.5, 0.6) is 0 Å². The summed E-state index contributed by atoms with van der Waals surface area (Å²) in [4.78, 5) is 16.4. The zero-order chi connectivity index (χ0) is 12.3. The number of aromatic carboxylic acids is 1. The highest BCUT2D eigenvalue weighted by molar-refractivity contribution is 7.99. The van der Waals surface area contributed by atoms with Gasteiger partial charge in [-0.25, -0.2) is 9.78 Å². The number of rotatable bonds is 3. The third-order valence-corrected chi connectivity index (χ3v) is 3.25. The van der Waals surface area contributed by atoms with E-state index in [1.54, 1.807) is 24.3 Å². The molecule has 0 aliphatic heterocycles. The molecule has 0 aliphatic rings. The van der Waals surface area contributed by atoms with E-state index in [0.717, 1.165) is 9.79 Å². The molecule has 1 heterocycles. The second kappa shape index (κ2) is 5.21. The van der Waals surface area contributed by atoms with Gasteiger partial charge in [0.25, 0.3) is 0 Å². The molecule has 0 bridgehead atoms. The van der Waals surface area contributed by atoms with E-state index in [2.05, 4.69) is 4.98 Å². The first-order valence-electron chi connectivity index (χ1n) is 4.78. The minimum Gasteiger partial charge on any atom is -0.477 e. The molecule has 0 fully saturated rings. The van der Waals surface area contributed by atoms with Gasteiger partial charge in [-0.15, -0.1) is 0 Å². The third kappa shape index (κ3) is 3.22. The summed E-state index contributed by atoms with van der Waals surface area (Å²) >= 11 is 7.25. The van der Waals surface area contributed by atoms with Crippen LogP contribution in [-0.4, -0.2) is 16.1 Å². The zero-order valence-corrected chi connectivity index (χ0v) is 10.2. The summed E-state index contributed by atoms with van der Waals surface area (Å²) in [5.74, 6) is -1.02. The predicted molar refractivity (Wildman–Crippen MR) is 66.8 cm³/mol. The lowest BCUT2D eigenvalue weighted by Gasteiger charge is -2.02. The molecule has 0 unspecified atom stereocenters. The SMILES string of the molecule is O=C(O)c1cc(Sc2ccc(Cl)cc2)ccn1. The Morgan fingerprint density at radius 2 is 1.88 bits per heavy atom. The standard InChI is InChI=1S/C12H8ClNO2S/c13-8-1-3-9(4-2-8)17-10-5-6-14-11(7-10)12(15)16/h1-7H,(H,15,16). The molecule has 1 aromatic carbocycles. The van der Waals surface area contributed by atoms with Crippen molar-refractivity contribution in [3.8, 4) is 0 Å². The Hall–Kier alpha value is -1.52. The molecule has 1 N–H and O–H groups in total. The molecule has 0 amide bonds. The molecular weight excluding hydrogens is 258 g/mol. The molecule has 0 spiro atoms. The minimum absolute atomic E-state index is 0.0453. The quantitative estimate of drug-likeness (QED) is 0.921. The molecule has 1 aromatic heterocycles. The number of carbonyl (C=O) groups is 1.